The number of rotatable bonds is 6. The van der Waals surface area contributed by atoms with Crippen molar-refractivity contribution >= 4 is 22.8 Å². The van der Waals surface area contributed by atoms with E-state index in [1.165, 1.54) is 0 Å². The lowest BCUT2D eigenvalue weighted by atomic mass is 10.1. The lowest BCUT2D eigenvalue weighted by Crippen LogP contribution is -2.37. The Hall–Kier alpha value is -3.43. The van der Waals surface area contributed by atoms with Crippen molar-refractivity contribution in [2.24, 2.45) is 5.92 Å². The second-order valence-corrected chi connectivity index (χ2v) is 7.12. The normalized spacial score (nSPS) is 11.2. The Morgan fingerprint density at radius 3 is 2.30 bits per heavy atom. The first-order valence-corrected chi connectivity index (χ1v) is 9.04. The van der Waals surface area contributed by atoms with Crippen molar-refractivity contribution < 1.29 is 22.4 Å². The molecule has 0 saturated carbocycles. The molecule has 0 aliphatic heterocycles. The average Bonchev–Trinajstić information content (AvgIpc) is 2.60. The number of nitrogens with zero attached hydrogens (tertiary/aromatic N) is 2. The molecule has 1 amide bonds. The molecule has 30 heavy (non-hydrogen) atoms. The van der Waals surface area contributed by atoms with Crippen molar-refractivity contribution in [3.63, 3.8) is 0 Å². The molecule has 158 valence electrons. The van der Waals surface area contributed by atoms with Gasteiger partial charge >= 0.3 is 0 Å². The number of carbonyl (C=O) groups excluding carboxylic acids is 1. The molecule has 1 aromatic heterocycles. The molecule has 0 aliphatic rings. The zero-order chi connectivity index (χ0) is 22.0. The van der Waals surface area contributed by atoms with Crippen molar-refractivity contribution in [3.05, 3.63) is 69.5 Å². The van der Waals surface area contributed by atoms with E-state index in [1.54, 1.807) is 0 Å². The van der Waals surface area contributed by atoms with Gasteiger partial charge in [-0.2, -0.15) is 4.68 Å². The van der Waals surface area contributed by atoms with Crippen LogP contribution in [0.1, 0.15) is 19.4 Å². The van der Waals surface area contributed by atoms with E-state index >= 15 is 0 Å². The Morgan fingerprint density at radius 2 is 1.67 bits per heavy atom. The first-order chi connectivity index (χ1) is 14.1. The zero-order valence-corrected chi connectivity index (χ0v) is 16.1. The van der Waals surface area contributed by atoms with Gasteiger partial charge in [-0.3, -0.25) is 15.0 Å². The number of benzene rings is 2. The predicted molar refractivity (Wildman–Crippen MR) is 104 cm³/mol. The summed E-state index contributed by atoms with van der Waals surface area (Å²) < 4.78 is 55.1. The van der Waals surface area contributed by atoms with Gasteiger partial charge in [-0.15, -0.1) is 0 Å². The van der Waals surface area contributed by atoms with Crippen LogP contribution >= 0.6 is 0 Å². The van der Waals surface area contributed by atoms with Crippen LogP contribution < -0.4 is 16.3 Å². The average molecular weight is 422 g/mol. The molecule has 0 atom stereocenters. The Bertz CT molecular complexity index is 1160. The topological polar surface area (TPSA) is 76.0 Å². The summed E-state index contributed by atoms with van der Waals surface area (Å²) in [5, 5.41) is 2.33. The summed E-state index contributed by atoms with van der Waals surface area (Å²) >= 11 is 0. The fraction of sp³-hybridized carbons (Fsp3) is 0.250. The second-order valence-electron chi connectivity index (χ2n) is 7.12. The van der Waals surface area contributed by atoms with Gasteiger partial charge in [0.05, 0.1) is 11.9 Å². The smallest absolute Gasteiger partial charge is 0.284 e. The van der Waals surface area contributed by atoms with E-state index in [0.29, 0.717) is 23.4 Å². The molecule has 10 heteroatoms. The van der Waals surface area contributed by atoms with Crippen molar-refractivity contribution in [2.75, 3.05) is 17.3 Å². The van der Waals surface area contributed by atoms with Crippen molar-refractivity contribution in [3.8, 4) is 0 Å². The number of anilines is 1. The molecule has 0 bridgehead atoms. The lowest BCUT2D eigenvalue weighted by molar-refractivity contribution is -0.116. The van der Waals surface area contributed by atoms with Gasteiger partial charge in [0.2, 0.25) is 11.9 Å². The highest BCUT2D eigenvalue weighted by Gasteiger charge is 2.18. The molecular formula is C20H18F4N4O2. The third-order valence-corrected chi connectivity index (χ3v) is 4.08. The summed E-state index contributed by atoms with van der Waals surface area (Å²) in [7, 11) is 0. The van der Waals surface area contributed by atoms with Crippen LogP contribution in [0.15, 0.2) is 35.1 Å². The van der Waals surface area contributed by atoms with Crippen molar-refractivity contribution in [2.45, 2.75) is 20.3 Å². The van der Waals surface area contributed by atoms with Gasteiger partial charge in [-0.25, -0.2) is 22.5 Å². The highest BCUT2D eigenvalue weighted by Crippen LogP contribution is 2.17. The molecule has 6 nitrogen and oxygen atoms in total. The maximum atomic E-state index is 14.2. The minimum absolute atomic E-state index is 0.0386. The van der Waals surface area contributed by atoms with E-state index in [-0.39, 0.29) is 22.9 Å². The van der Waals surface area contributed by atoms with E-state index in [1.807, 2.05) is 13.8 Å². The lowest BCUT2D eigenvalue weighted by Gasteiger charge is -2.16. The van der Waals surface area contributed by atoms with Gasteiger partial charge in [0, 0.05) is 24.7 Å². The molecule has 0 fully saturated rings. The standard InChI is InChI=1S/C20H18F4N4O2/c1-10(2)9-25-20-26-16-8-14(23)7-15(24)18(16)19(30)28(20)27-17(29)5-11-3-12(21)6-13(22)4-11/h3-4,6-8,10H,5,9H2,1-2H3,(H,25,26)(H,27,29). The maximum absolute atomic E-state index is 14.2. The van der Waals surface area contributed by atoms with Gasteiger partial charge in [-0.1, -0.05) is 13.8 Å². The summed E-state index contributed by atoms with van der Waals surface area (Å²) in [6, 6.07) is 4.06. The van der Waals surface area contributed by atoms with Crippen LogP contribution in [0, 0.1) is 29.2 Å². The van der Waals surface area contributed by atoms with E-state index < -0.39 is 46.5 Å². The van der Waals surface area contributed by atoms with Gasteiger partial charge in [-0.05, 0) is 23.6 Å². The number of hydrogen-bond donors (Lipinski definition) is 2. The van der Waals surface area contributed by atoms with Crippen molar-refractivity contribution in [1.82, 2.24) is 9.66 Å². The number of halogens is 4. The van der Waals surface area contributed by atoms with Gasteiger partial charge in [0.15, 0.2) is 0 Å². The first kappa shape index (κ1) is 21.3. The Balaban J connectivity index is 2.01. The molecule has 0 aliphatic carbocycles. The van der Waals surface area contributed by atoms with Gasteiger partial charge in [0.1, 0.15) is 28.7 Å². The molecule has 1 heterocycles. The SMILES string of the molecule is CC(C)CNc1nc2cc(F)cc(F)c2c(=O)n1NC(=O)Cc1cc(F)cc(F)c1. The number of carbonyl (C=O) groups is 1. The minimum atomic E-state index is -1.13. The van der Waals surface area contributed by atoms with Gasteiger partial charge in [0.25, 0.3) is 5.56 Å². The van der Waals surface area contributed by atoms with Crippen LogP contribution in [0.4, 0.5) is 23.5 Å². The summed E-state index contributed by atoms with van der Waals surface area (Å²) in [5.74, 6) is -4.55. The summed E-state index contributed by atoms with van der Waals surface area (Å²) in [6.45, 7) is 4.11. The molecular weight excluding hydrogens is 404 g/mol. The number of amides is 1. The monoisotopic (exact) mass is 422 g/mol. The third-order valence-electron chi connectivity index (χ3n) is 4.08. The number of hydrogen-bond acceptors (Lipinski definition) is 4. The van der Waals surface area contributed by atoms with Crippen LogP contribution in [-0.2, 0) is 11.2 Å². The van der Waals surface area contributed by atoms with Crippen LogP contribution in [0.25, 0.3) is 10.9 Å². The van der Waals surface area contributed by atoms with Crippen molar-refractivity contribution in [1.29, 1.82) is 0 Å². The molecule has 3 rings (SSSR count). The largest absolute Gasteiger partial charge is 0.354 e. The van der Waals surface area contributed by atoms with E-state index in [9.17, 15) is 27.2 Å². The molecule has 0 radical (unpaired) electrons. The first-order valence-electron chi connectivity index (χ1n) is 9.04. The Kier molecular flexibility index (Phi) is 6.04. The molecule has 3 aromatic rings. The predicted octanol–water partition coefficient (Wildman–Crippen LogP) is 3.33. The summed E-state index contributed by atoms with van der Waals surface area (Å²) in [4.78, 5) is 29.3. The quantitative estimate of drug-likeness (QED) is 0.598. The Labute approximate surface area is 168 Å². The molecule has 0 unspecified atom stereocenters. The fourth-order valence-corrected chi connectivity index (χ4v) is 2.81. The van der Waals surface area contributed by atoms with Crippen LogP contribution in [0.3, 0.4) is 0 Å². The number of nitrogens with one attached hydrogen (secondary N) is 2. The highest BCUT2D eigenvalue weighted by molar-refractivity contribution is 5.87. The zero-order valence-electron chi connectivity index (χ0n) is 16.1. The Morgan fingerprint density at radius 1 is 1.03 bits per heavy atom. The molecule has 2 N–H and O–H groups in total. The fourth-order valence-electron chi connectivity index (χ4n) is 2.81. The highest BCUT2D eigenvalue weighted by atomic mass is 19.1. The van der Waals surface area contributed by atoms with Crippen LogP contribution in [0.5, 0.6) is 0 Å². The molecule has 0 saturated heterocycles. The van der Waals surface area contributed by atoms with Crippen LogP contribution in [0.2, 0.25) is 0 Å². The second kappa shape index (κ2) is 8.52. The maximum Gasteiger partial charge on any atom is 0.284 e. The van der Waals surface area contributed by atoms with Gasteiger partial charge < -0.3 is 5.32 Å². The molecule has 2 aromatic carbocycles. The summed E-state index contributed by atoms with van der Waals surface area (Å²) in [5.41, 5.74) is 1.11. The van der Waals surface area contributed by atoms with E-state index in [2.05, 4.69) is 15.7 Å². The molecule has 0 spiro atoms. The third kappa shape index (κ3) is 4.76. The number of fused-ring (bicyclic) bond motifs is 1. The number of aromatic nitrogens is 2. The minimum Gasteiger partial charge on any atom is -0.354 e. The van der Waals surface area contributed by atoms with E-state index in [0.717, 1.165) is 18.2 Å². The summed E-state index contributed by atoms with van der Waals surface area (Å²) in [6.07, 6.45) is -0.450. The van der Waals surface area contributed by atoms with E-state index in [4.69, 9.17) is 0 Å². The van der Waals surface area contributed by atoms with Crippen LogP contribution in [-0.4, -0.2) is 22.1 Å².